The quantitative estimate of drug-likeness (QED) is 0.797. The number of carbonyl (C=O) groups is 1. The summed E-state index contributed by atoms with van der Waals surface area (Å²) in [4.78, 5) is 23.8. The molecule has 1 aliphatic rings. The molecule has 25 heavy (non-hydrogen) atoms. The Hall–Kier alpha value is -2.68. The van der Waals surface area contributed by atoms with Crippen molar-refractivity contribution >= 4 is 22.8 Å². The number of piperidine rings is 1. The van der Waals surface area contributed by atoms with E-state index in [1.165, 1.54) is 0 Å². The molecule has 0 bridgehead atoms. The Bertz CT molecular complexity index is 807. The average Bonchev–Trinajstić information content (AvgIpc) is 2.63. The minimum atomic E-state index is -1.06. The molecule has 0 N–H and O–H groups in total. The van der Waals surface area contributed by atoms with Crippen LogP contribution in [0.2, 0.25) is 0 Å². The highest BCUT2D eigenvalue weighted by molar-refractivity contribution is 5.85. The van der Waals surface area contributed by atoms with E-state index in [9.17, 15) is 10.1 Å². The van der Waals surface area contributed by atoms with Crippen molar-refractivity contribution in [3.8, 4) is 6.07 Å². The van der Waals surface area contributed by atoms with Gasteiger partial charge in [-0.1, -0.05) is 19.1 Å². The Morgan fingerprint density at radius 2 is 1.96 bits per heavy atom. The lowest BCUT2D eigenvalue weighted by atomic mass is 9.98. The van der Waals surface area contributed by atoms with Crippen LogP contribution in [0.4, 0.5) is 5.82 Å². The smallest absolute Gasteiger partial charge is 0.329 e. The summed E-state index contributed by atoms with van der Waals surface area (Å²) in [5.74, 6) is -0.331. The van der Waals surface area contributed by atoms with Crippen molar-refractivity contribution in [2.24, 2.45) is 5.92 Å². The second-order valence-electron chi connectivity index (χ2n) is 6.40. The number of hydrogen-bond acceptors (Lipinski definition) is 6. The molecule has 1 aromatic heterocycles. The number of benzene rings is 1. The molecule has 1 saturated heterocycles. The minimum absolute atomic E-state index is 0.231. The normalized spacial score (nSPS) is 16.4. The van der Waals surface area contributed by atoms with Crippen molar-refractivity contribution in [1.29, 1.82) is 5.26 Å². The van der Waals surface area contributed by atoms with E-state index in [0.717, 1.165) is 31.4 Å². The number of nitrogens with zero attached hydrogens (tertiary/aromatic N) is 4. The van der Waals surface area contributed by atoms with Crippen LogP contribution < -0.4 is 4.90 Å². The zero-order chi connectivity index (χ0) is 17.8. The van der Waals surface area contributed by atoms with Crippen molar-refractivity contribution in [2.75, 3.05) is 24.6 Å². The first-order valence-corrected chi connectivity index (χ1v) is 8.72. The molecule has 1 atom stereocenters. The van der Waals surface area contributed by atoms with Gasteiger partial charge in [0.25, 0.3) is 0 Å². The number of nitriles is 1. The van der Waals surface area contributed by atoms with Gasteiger partial charge in [0.1, 0.15) is 5.69 Å². The maximum Gasteiger partial charge on any atom is 0.329 e. The molecule has 0 radical (unpaired) electrons. The van der Waals surface area contributed by atoms with Gasteiger partial charge >= 0.3 is 5.97 Å². The van der Waals surface area contributed by atoms with E-state index in [0.29, 0.717) is 22.9 Å². The van der Waals surface area contributed by atoms with Gasteiger partial charge in [-0.25, -0.2) is 9.97 Å². The van der Waals surface area contributed by atoms with Crippen LogP contribution in [0.3, 0.4) is 0 Å². The number of esters is 1. The van der Waals surface area contributed by atoms with E-state index in [2.05, 4.69) is 22.9 Å². The molecule has 0 aliphatic carbocycles. The van der Waals surface area contributed by atoms with E-state index < -0.39 is 11.9 Å². The van der Waals surface area contributed by atoms with Gasteiger partial charge in [0.2, 0.25) is 0 Å². The summed E-state index contributed by atoms with van der Waals surface area (Å²) in [6.07, 6.45) is 2.12. The summed E-state index contributed by atoms with van der Waals surface area (Å²) < 4.78 is 5.07. The molecule has 6 nitrogen and oxygen atoms in total. The number of hydrogen-bond donors (Lipinski definition) is 0. The van der Waals surface area contributed by atoms with Crippen LogP contribution in [0.1, 0.15) is 38.3 Å². The molecule has 130 valence electrons. The molecule has 1 unspecified atom stereocenters. The second-order valence-corrected chi connectivity index (χ2v) is 6.40. The van der Waals surface area contributed by atoms with Crippen LogP contribution in [0, 0.1) is 17.2 Å². The molecule has 1 fully saturated rings. The molecule has 6 heteroatoms. The molecule has 1 aliphatic heterocycles. The van der Waals surface area contributed by atoms with Crippen molar-refractivity contribution in [3.05, 3.63) is 30.0 Å². The Morgan fingerprint density at radius 3 is 2.56 bits per heavy atom. The molecular weight excluding hydrogens is 316 g/mol. The molecule has 3 rings (SSSR count). The van der Waals surface area contributed by atoms with Crippen LogP contribution in [0.5, 0.6) is 0 Å². The third-order valence-electron chi connectivity index (χ3n) is 4.59. The predicted octanol–water partition coefficient (Wildman–Crippen LogP) is 3.04. The molecule has 0 amide bonds. The van der Waals surface area contributed by atoms with E-state index in [4.69, 9.17) is 9.72 Å². The Labute approximate surface area is 147 Å². The maximum atomic E-state index is 12.3. The lowest BCUT2D eigenvalue weighted by Crippen LogP contribution is -2.35. The van der Waals surface area contributed by atoms with E-state index >= 15 is 0 Å². The highest BCUT2D eigenvalue weighted by Crippen LogP contribution is 2.30. The van der Waals surface area contributed by atoms with E-state index in [1.807, 2.05) is 24.3 Å². The molecule has 0 saturated carbocycles. The van der Waals surface area contributed by atoms with Gasteiger partial charge in [-0.3, -0.25) is 4.79 Å². The van der Waals surface area contributed by atoms with Gasteiger partial charge in [-0.2, -0.15) is 5.26 Å². The SMILES string of the molecule is CCOC(=O)C(C#N)c1nc2ccccc2nc1N1CCC(C)CC1. The highest BCUT2D eigenvalue weighted by Gasteiger charge is 2.30. The van der Waals surface area contributed by atoms with Gasteiger partial charge in [-0.15, -0.1) is 0 Å². The Balaban J connectivity index is 2.09. The third-order valence-corrected chi connectivity index (χ3v) is 4.59. The summed E-state index contributed by atoms with van der Waals surface area (Å²) in [5.41, 5.74) is 1.84. The Kier molecular flexibility index (Phi) is 5.13. The number of aromatic nitrogens is 2. The largest absolute Gasteiger partial charge is 0.465 e. The van der Waals surface area contributed by atoms with Crippen LogP contribution >= 0.6 is 0 Å². The highest BCUT2D eigenvalue weighted by atomic mass is 16.5. The number of rotatable bonds is 4. The van der Waals surface area contributed by atoms with Gasteiger partial charge in [0.05, 0.1) is 23.7 Å². The summed E-state index contributed by atoms with van der Waals surface area (Å²) in [6, 6.07) is 9.57. The zero-order valence-electron chi connectivity index (χ0n) is 14.6. The summed E-state index contributed by atoms with van der Waals surface area (Å²) in [7, 11) is 0. The first kappa shape index (κ1) is 17.2. The van der Waals surface area contributed by atoms with Crippen molar-refractivity contribution in [3.63, 3.8) is 0 Å². The second kappa shape index (κ2) is 7.47. The number of carbonyl (C=O) groups excluding carboxylic acids is 1. The predicted molar refractivity (Wildman–Crippen MR) is 95.1 cm³/mol. The molecule has 0 spiro atoms. The standard InChI is InChI=1S/C19H22N4O2/c1-3-25-19(24)14(12-20)17-18(23-10-8-13(2)9-11-23)22-16-7-5-4-6-15(16)21-17/h4-7,13-14H,3,8-11H2,1-2H3. The summed E-state index contributed by atoms with van der Waals surface area (Å²) >= 11 is 0. The van der Waals surface area contributed by atoms with Gasteiger partial charge in [0.15, 0.2) is 11.7 Å². The molecular formula is C19H22N4O2. The van der Waals surface area contributed by atoms with Crippen molar-refractivity contribution < 1.29 is 9.53 Å². The van der Waals surface area contributed by atoms with Gasteiger partial charge < -0.3 is 9.64 Å². The number of anilines is 1. The first-order valence-electron chi connectivity index (χ1n) is 8.72. The van der Waals surface area contributed by atoms with Crippen molar-refractivity contribution in [2.45, 2.75) is 32.6 Å². The van der Waals surface area contributed by atoms with Crippen LogP contribution in [-0.4, -0.2) is 35.6 Å². The molecule has 2 aromatic rings. The Morgan fingerprint density at radius 1 is 1.32 bits per heavy atom. The monoisotopic (exact) mass is 338 g/mol. The van der Waals surface area contributed by atoms with Crippen LogP contribution in [0.25, 0.3) is 11.0 Å². The topological polar surface area (TPSA) is 79.1 Å². The fourth-order valence-corrected chi connectivity index (χ4v) is 3.10. The average molecular weight is 338 g/mol. The minimum Gasteiger partial charge on any atom is -0.465 e. The van der Waals surface area contributed by atoms with Crippen LogP contribution in [-0.2, 0) is 9.53 Å². The van der Waals surface area contributed by atoms with Gasteiger partial charge in [0, 0.05) is 13.1 Å². The first-order chi connectivity index (χ1) is 12.1. The molecule has 2 heterocycles. The zero-order valence-corrected chi connectivity index (χ0v) is 14.6. The van der Waals surface area contributed by atoms with Gasteiger partial charge in [-0.05, 0) is 37.8 Å². The fourth-order valence-electron chi connectivity index (χ4n) is 3.10. The summed E-state index contributed by atoms with van der Waals surface area (Å²) in [6.45, 7) is 5.89. The maximum absolute atomic E-state index is 12.3. The van der Waals surface area contributed by atoms with Crippen molar-refractivity contribution in [1.82, 2.24) is 9.97 Å². The lowest BCUT2D eigenvalue weighted by Gasteiger charge is -2.32. The lowest BCUT2D eigenvalue weighted by molar-refractivity contribution is -0.143. The van der Waals surface area contributed by atoms with E-state index in [1.54, 1.807) is 6.92 Å². The number of fused-ring (bicyclic) bond motifs is 1. The number of ether oxygens (including phenoxy) is 1. The van der Waals surface area contributed by atoms with Crippen LogP contribution in [0.15, 0.2) is 24.3 Å². The molecule has 1 aromatic carbocycles. The summed E-state index contributed by atoms with van der Waals surface area (Å²) in [5, 5.41) is 9.58. The van der Waals surface area contributed by atoms with E-state index in [-0.39, 0.29) is 6.61 Å². The fraction of sp³-hybridized carbons (Fsp3) is 0.474. The number of para-hydroxylation sites is 2. The third kappa shape index (κ3) is 3.55.